The Kier molecular flexibility index (Phi) is 4.62. The van der Waals surface area contributed by atoms with E-state index in [-0.39, 0.29) is 24.3 Å². The molecule has 132 valence electrons. The molecule has 0 aromatic carbocycles. The molecule has 0 spiro atoms. The van der Waals surface area contributed by atoms with Crippen LogP contribution >= 0.6 is 11.6 Å². The number of aromatic amines is 1. The number of alkyl carbamates (subject to hydrolysis) is 1. The lowest BCUT2D eigenvalue weighted by atomic mass is 10.2. The molecule has 0 radical (unpaired) electrons. The van der Waals surface area contributed by atoms with Crippen LogP contribution in [-0.2, 0) is 4.74 Å². The minimum atomic E-state index is -2.72. The summed E-state index contributed by atoms with van der Waals surface area (Å²) in [6.07, 6.45) is 0.565. The maximum Gasteiger partial charge on any atom is 0.407 e. The van der Waals surface area contributed by atoms with Gasteiger partial charge >= 0.3 is 6.09 Å². The molecule has 1 aliphatic heterocycles. The standard InChI is InChI=1S/C14H17ClF2N4O3/c15-11-10(6-18-20-12(11)22)21-4-2-9(7-21)24-13(23)19-8-1-3-14(16,17)5-8/h6,8-9H,1-5,7H2,(H,19,23)(H,20,22)/t8-,9-/m1/s1. The summed E-state index contributed by atoms with van der Waals surface area (Å²) < 4.78 is 31.5. The molecule has 2 atom stereocenters. The monoisotopic (exact) mass is 362 g/mol. The van der Waals surface area contributed by atoms with E-state index < -0.39 is 29.7 Å². The highest BCUT2D eigenvalue weighted by Crippen LogP contribution is 2.34. The largest absolute Gasteiger partial charge is 0.444 e. The third kappa shape index (κ3) is 3.77. The SMILES string of the molecule is O=C(N[C@@H]1CCC(F)(F)C1)O[C@@H]1CCN(c2cn[nH]c(=O)c2Cl)C1. The van der Waals surface area contributed by atoms with Gasteiger partial charge in [-0.05, 0) is 6.42 Å². The first-order valence-corrected chi connectivity index (χ1v) is 8.05. The first-order chi connectivity index (χ1) is 11.3. The van der Waals surface area contributed by atoms with Crippen molar-refractivity contribution in [3.8, 4) is 0 Å². The molecule has 2 N–H and O–H groups in total. The van der Waals surface area contributed by atoms with Crippen molar-refractivity contribution in [2.75, 3.05) is 18.0 Å². The molecule has 2 fully saturated rings. The zero-order chi connectivity index (χ0) is 17.3. The highest BCUT2D eigenvalue weighted by molar-refractivity contribution is 6.33. The summed E-state index contributed by atoms with van der Waals surface area (Å²) in [7, 11) is 0. The molecule has 2 aliphatic rings. The average molecular weight is 363 g/mol. The van der Waals surface area contributed by atoms with Gasteiger partial charge < -0.3 is 15.0 Å². The van der Waals surface area contributed by atoms with Gasteiger partial charge in [-0.2, -0.15) is 5.10 Å². The first kappa shape index (κ1) is 16.9. The van der Waals surface area contributed by atoms with Crippen molar-refractivity contribution < 1.29 is 18.3 Å². The van der Waals surface area contributed by atoms with E-state index in [0.29, 0.717) is 25.2 Å². The molecule has 1 aromatic heterocycles. The van der Waals surface area contributed by atoms with Gasteiger partial charge in [-0.3, -0.25) is 4.79 Å². The molecule has 2 heterocycles. The molecule has 1 saturated carbocycles. The molecule has 3 rings (SSSR count). The number of rotatable bonds is 3. The number of ether oxygens (including phenoxy) is 1. The van der Waals surface area contributed by atoms with Gasteiger partial charge in [0.1, 0.15) is 11.1 Å². The molecule has 10 heteroatoms. The van der Waals surface area contributed by atoms with E-state index in [2.05, 4.69) is 15.5 Å². The summed E-state index contributed by atoms with van der Waals surface area (Å²) >= 11 is 5.95. The second-order valence-corrected chi connectivity index (χ2v) is 6.48. The molecular weight excluding hydrogens is 346 g/mol. The van der Waals surface area contributed by atoms with E-state index in [9.17, 15) is 18.4 Å². The van der Waals surface area contributed by atoms with Gasteiger partial charge in [0, 0.05) is 31.8 Å². The first-order valence-electron chi connectivity index (χ1n) is 7.67. The van der Waals surface area contributed by atoms with Gasteiger partial charge in [0.05, 0.1) is 18.4 Å². The van der Waals surface area contributed by atoms with Crippen LogP contribution < -0.4 is 15.8 Å². The highest BCUT2D eigenvalue weighted by Gasteiger charge is 2.40. The van der Waals surface area contributed by atoms with E-state index in [4.69, 9.17) is 16.3 Å². The summed E-state index contributed by atoms with van der Waals surface area (Å²) in [5.41, 5.74) is -0.0131. The Morgan fingerprint density at radius 2 is 2.29 bits per heavy atom. The van der Waals surface area contributed by atoms with E-state index in [1.54, 1.807) is 4.90 Å². The smallest absolute Gasteiger partial charge is 0.407 e. The van der Waals surface area contributed by atoms with Crippen LogP contribution in [0.2, 0.25) is 5.02 Å². The van der Waals surface area contributed by atoms with Crippen LogP contribution in [0.5, 0.6) is 0 Å². The maximum atomic E-state index is 13.1. The van der Waals surface area contributed by atoms with Crippen molar-refractivity contribution >= 4 is 23.4 Å². The summed E-state index contributed by atoms with van der Waals surface area (Å²) in [6, 6.07) is -0.559. The number of carbonyl (C=O) groups excluding carboxylic acids is 1. The van der Waals surface area contributed by atoms with E-state index >= 15 is 0 Å². The molecule has 1 saturated heterocycles. The predicted molar refractivity (Wildman–Crippen MR) is 82.7 cm³/mol. The molecule has 1 amide bonds. The topological polar surface area (TPSA) is 87.3 Å². The Bertz CT molecular complexity index is 684. The van der Waals surface area contributed by atoms with Crippen molar-refractivity contribution in [2.45, 2.75) is 43.8 Å². The Balaban J connectivity index is 1.52. The lowest BCUT2D eigenvalue weighted by Gasteiger charge is -2.19. The van der Waals surface area contributed by atoms with Gasteiger partial charge in [0.15, 0.2) is 0 Å². The number of hydrogen-bond donors (Lipinski definition) is 2. The average Bonchev–Trinajstić information content (AvgIpc) is 3.08. The Morgan fingerprint density at radius 3 is 3.00 bits per heavy atom. The molecule has 24 heavy (non-hydrogen) atoms. The minimum absolute atomic E-state index is 0.0308. The lowest BCUT2D eigenvalue weighted by molar-refractivity contribution is 0.00680. The summed E-state index contributed by atoms with van der Waals surface area (Å²) in [4.78, 5) is 25.1. The zero-order valence-corrected chi connectivity index (χ0v) is 13.5. The number of amides is 1. The zero-order valence-electron chi connectivity index (χ0n) is 12.7. The van der Waals surface area contributed by atoms with E-state index in [1.165, 1.54) is 6.20 Å². The van der Waals surface area contributed by atoms with Gasteiger partial charge in [-0.1, -0.05) is 11.6 Å². The highest BCUT2D eigenvalue weighted by atomic mass is 35.5. The Labute approximate surface area is 141 Å². The predicted octanol–water partition coefficient (Wildman–Crippen LogP) is 1.92. The van der Waals surface area contributed by atoms with Crippen molar-refractivity contribution in [1.82, 2.24) is 15.5 Å². The third-order valence-corrected chi connectivity index (χ3v) is 4.63. The molecule has 0 unspecified atom stereocenters. The van der Waals surface area contributed by atoms with Gasteiger partial charge in [0.2, 0.25) is 5.92 Å². The van der Waals surface area contributed by atoms with Crippen LogP contribution in [-0.4, -0.2) is 47.4 Å². The van der Waals surface area contributed by atoms with Crippen molar-refractivity contribution in [3.63, 3.8) is 0 Å². The van der Waals surface area contributed by atoms with Crippen molar-refractivity contribution in [3.05, 3.63) is 21.6 Å². The van der Waals surface area contributed by atoms with Gasteiger partial charge in [0.25, 0.3) is 5.56 Å². The molecule has 1 aliphatic carbocycles. The molecule has 0 bridgehead atoms. The fourth-order valence-electron chi connectivity index (χ4n) is 3.06. The number of halogens is 3. The number of aromatic nitrogens is 2. The van der Waals surface area contributed by atoms with E-state index in [1.807, 2.05) is 0 Å². The lowest BCUT2D eigenvalue weighted by Crippen LogP contribution is -2.37. The van der Waals surface area contributed by atoms with Crippen molar-refractivity contribution in [2.24, 2.45) is 0 Å². The van der Waals surface area contributed by atoms with Crippen LogP contribution in [0.1, 0.15) is 25.7 Å². The normalized spacial score (nSPS) is 25.7. The number of H-pyrrole nitrogens is 1. The second-order valence-electron chi connectivity index (χ2n) is 6.10. The number of alkyl halides is 2. The van der Waals surface area contributed by atoms with Crippen LogP contribution in [0.25, 0.3) is 0 Å². The number of carbonyl (C=O) groups is 1. The van der Waals surface area contributed by atoms with Gasteiger partial charge in [-0.25, -0.2) is 18.7 Å². The number of nitrogens with one attached hydrogen (secondary N) is 2. The fraction of sp³-hybridized carbons (Fsp3) is 0.643. The van der Waals surface area contributed by atoms with E-state index in [0.717, 1.165) is 0 Å². The number of hydrogen-bond acceptors (Lipinski definition) is 5. The van der Waals surface area contributed by atoms with Crippen molar-refractivity contribution in [1.29, 1.82) is 0 Å². The van der Waals surface area contributed by atoms with Gasteiger partial charge in [-0.15, -0.1) is 0 Å². The number of anilines is 1. The summed E-state index contributed by atoms with van der Waals surface area (Å²) in [5, 5.41) is 8.45. The molecule has 7 nitrogen and oxygen atoms in total. The second kappa shape index (κ2) is 6.54. The van der Waals surface area contributed by atoms with Crippen LogP contribution in [0, 0.1) is 0 Å². The maximum absolute atomic E-state index is 13.1. The quantitative estimate of drug-likeness (QED) is 0.857. The minimum Gasteiger partial charge on any atom is -0.444 e. The summed E-state index contributed by atoms with van der Waals surface area (Å²) in [6.45, 7) is 0.906. The molecular formula is C14H17ClF2N4O3. The number of nitrogens with zero attached hydrogens (tertiary/aromatic N) is 2. The van der Waals surface area contributed by atoms with Crippen LogP contribution in [0.15, 0.2) is 11.0 Å². The van der Waals surface area contributed by atoms with Crippen LogP contribution in [0.4, 0.5) is 19.3 Å². The fourth-order valence-corrected chi connectivity index (χ4v) is 3.27. The van der Waals surface area contributed by atoms with Crippen LogP contribution in [0.3, 0.4) is 0 Å². The molecule has 1 aromatic rings. The third-order valence-electron chi connectivity index (χ3n) is 4.26. The Morgan fingerprint density at radius 1 is 1.50 bits per heavy atom. The summed E-state index contributed by atoms with van der Waals surface area (Å²) in [5.74, 6) is -2.72. The Hall–Kier alpha value is -1.90.